The van der Waals surface area contributed by atoms with Crippen LogP contribution in [0, 0.1) is 10.1 Å². The lowest BCUT2D eigenvalue weighted by Crippen LogP contribution is -2.14. The predicted molar refractivity (Wildman–Crippen MR) is 116 cm³/mol. The Kier molecular flexibility index (Phi) is 7.19. The molecular formula is C22H13Cl2NO7. The number of hydrogen-bond donors (Lipinski definition) is 0. The number of carbonyl (C=O) groups is 3. The summed E-state index contributed by atoms with van der Waals surface area (Å²) in [6.07, 6.45) is 0. The topological polar surface area (TPSA) is 113 Å². The van der Waals surface area contributed by atoms with Gasteiger partial charge < -0.3 is 9.47 Å². The fourth-order valence-corrected chi connectivity index (χ4v) is 2.84. The Morgan fingerprint density at radius 2 is 1.47 bits per heavy atom. The summed E-state index contributed by atoms with van der Waals surface area (Å²) in [5.74, 6) is -1.85. The molecule has 0 aliphatic carbocycles. The third-order valence-electron chi connectivity index (χ3n) is 4.17. The normalized spacial score (nSPS) is 10.3. The highest BCUT2D eigenvalue weighted by molar-refractivity contribution is 6.42. The number of halogens is 2. The molecule has 0 heterocycles. The lowest BCUT2D eigenvalue weighted by atomic mass is 10.1. The molecule has 3 rings (SSSR count). The second-order valence-electron chi connectivity index (χ2n) is 6.35. The Bertz CT molecular complexity index is 1210. The summed E-state index contributed by atoms with van der Waals surface area (Å²) in [7, 11) is 0. The molecule has 0 spiro atoms. The zero-order valence-electron chi connectivity index (χ0n) is 16.1. The summed E-state index contributed by atoms with van der Waals surface area (Å²) in [5.41, 5.74) is 0.104. The molecule has 8 nitrogen and oxygen atoms in total. The molecule has 0 atom stereocenters. The van der Waals surface area contributed by atoms with Crippen LogP contribution in [0.2, 0.25) is 10.0 Å². The van der Waals surface area contributed by atoms with Gasteiger partial charge in [-0.2, -0.15) is 0 Å². The first-order chi connectivity index (χ1) is 15.2. The summed E-state index contributed by atoms with van der Waals surface area (Å²) >= 11 is 11.7. The number of Topliss-reactive ketones (excluding diaryl/α,β-unsaturated/α-hetero) is 1. The number of rotatable bonds is 7. The Morgan fingerprint density at radius 3 is 2.12 bits per heavy atom. The van der Waals surface area contributed by atoms with E-state index in [0.29, 0.717) is 5.02 Å². The van der Waals surface area contributed by atoms with Crippen LogP contribution < -0.4 is 4.74 Å². The van der Waals surface area contributed by atoms with Gasteiger partial charge in [-0.05, 0) is 48.5 Å². The summed E-state index contributed by atoms with van der Waals surface area (Å²) in [5, 5.41) is 11.3. The number of non-ortho nitro benzene ring substituents is 1. The van der Waals surface area contributed by atoms with Crippen molar-refractivity contribution in [2.45, 2.75) is 0 Å². The molecule has 0 radical (unpaired) electrons. The molecule has 0 aliphatic heterocycles. The fourth-order valence-electron chi connectivity index (χ4n) is 2.54. The van der Waals surface area contributed by atoms with Crippen molar-refractivity contribution in [3.8, 4) is 5.75 Å². The molecule has 0 unspecified atom stereocenters. The molecule has 162 valence electrons. The zero-order valence-corrected chi connectivity index (χ0v) is 17.6. The van der Waals surface area contributed by atoms with Crippen LogP contribution in [0.4, 0.5) is 5.69 Å². The number of esters is 2. The molecule has 0 saturated heterocycles. The maximum atomic E-state index is 12.3. The number of hydrogen-bond acceptors (Lipinski definition) is 7. The monoisotopic (exact) mass is 473 g/mol. The summed E-state index contributed by atoms with van der Waals surface area (Å²) in [4.78, 5) is 46.6. The van der Waals surface area contributed by atoms with E-state index in [1.807, 2.05) is 0 Å². The highest BCUT2D eigenvalue weighted by Gasteiger charge is 2.16. The van der Waals surface area contributed by atoms with E-state index in [-0.39, 0.29) is 33.1 Å². The maximum Gasteiger partial charge on any atom is 0.343 e. The number of carbonyl (C=O) groups excluding carboxylic acids is 3. The molecule has 3 aromatic rings. The van der Waals surface area contributed by atoms with Crippen LogP contribution >= 0.6 is 23.2 Å². The first-order valence-electron chi connectivity index (χ1n) is 8.96. The van der Waals surface area contributed by atoms with E-state index in [2.05, 4.69) is 0 Å². The Labute approximate surface area is 191 Å². The second kappa shape index (κ2) is 10.0. The molecule has 0 fully saturated rings. The molecule has 10 heteroatoms. The lowest BCUT2D eigenvalue weighted by molar-refractivity contribution is -0.384. The van der Waals surface area contributed by atoms with Crippen LogP contribution in [0.5, 0.6) is 5.75 Å². The first-order valence-corrected chi connectivity index (χ1v) is 9.72. The van der Waals surface area contributed by atoms with Gasteiger partial charge in [-0.3, -0.25) is 14.9 Å². The van der Waals surface area contributed by atoms with E-state index in [1.165, 1.54) is 60.7 Å². The zero-order chi connectivity index (χ0) is 23.3. The predicted octanol–water partition coefficient (Wildman–Crippen LogP) is 5.16. The van der Waals surface area contributed by atoms with E-state index in [4.69, 9.17) is 32.7 Å². The highest BCUT2D eigenvalue weighted by atomic mass is 35.5. The minimum Gasteiger partial charge on any atom is -0.454 e. The van der Waals surface area contributed by atoms with Gasteiger partial charge in [0.15, 0.2) is 12.4 Å². The van der Waals surface area contributed by atoms with Crippen molar-refractivity contribution in [2.75, 3.05) is 6.61 Å². The van der Waals surface area contributed by atoms with E-state index < -0.39 is 29.3 Å². The lowest BCUT2D eigenvalue weighted by Gasteiger charge is -2.07. The minimum absolute atomic E-state index is 0.0448. The fraction of sp³-hybridized carbons (Fsp3) is 0.0455. The van der Waals surface area contributed by atoms with Crippen molar-refractivity contribution in [1.29, 1.82) is 0 Å². The van der Waals surface area contributed by atoms with E-state index in [0.717, 1.165) is 6.07 Å². The second-order valence-corrected chi connectivity index (χ2v) is 7.16. The molecule has 3 aromatic carbocycles. The SMILES string of the molecule is O=C(COC(=O)c1cccc([N+](=O)[O-])c1)c1ccc(OC(=O)c2ccc(Cl)c(Cl)c2)cc1. The smallest absolute Gasteiger partial charge is 0.343 e. The number of benzene rings is 3. The molecule has 0 N–H and O–H groups in total. The average Bonchev–Trinajstić information content (AvgIpc) is 2.79. The number of nitro groups is 1. The van der Waals surface area contributed by atoms with Crippen LogP contribution in [0.3, 0.4) is 0 Å². The van der Waals surface area contributed by atoms with Gasteiger partial charge in [-0.25, -0.2) is 9.59 Å². The van der Waals surface area contributed by atoms with Gasteiger partial charge in [-0.15, -0.1) is 0 Å². The number of nitro benzene ring substituents is 1. The third kappa shape index (κ3) is 5.69. The van der Waals surface area contributed by atoms with Crippen LogP contribution in [0.15, 0.2) is 66.7 Å². The van der Waals surface area contributed by atoms with Crippen molar-refractivity contribution in [2.24, 2.45) is 0 Å². The standard InChI is InChI=1S/C22H13Cl2NO7/c23-18-9-6-15(11-19(18)24)22(28)32-17-7-4-13(5-8-17)20(26)12-31-21(27)14-2-1-3-16(10-14)25(29)30/h1-11H,12H2. The first kappa shape index (κ1) is 22.9. The molecule has 0 saturated carbocycles. The summed E-state index contributed by atoms with van der Waals surface area (Å²) in [6, 6.07) is 14.9. The van der Waals surface area contributed by atoms with Crippen molar-refractivity contribution in [3.05, 3.63) is 104 Å². The van der Waals surface area contributed by atoms with E-state index in [9.17, 15) is 24.5 Å². The Morgan fingerprint density at radius 1 is 0.812 bits per heavy atom. The quantitative estimate of drug-likeness (QED) is 0.153. The largest absolute Gasteiger partial charge is 0.454 e. The van der Waals surface area contributed by atoms with Crippen LogP contribution in [-0.2, 0) is 4.74 Å². The molecule has 32 heavy (non-hydrogen) atoms. The van der Waals surface area contributed by atoms with Crippen molar-refractivity contribution in [1.82, 2.24) is 0 Å². The highest BCUT2D eigenvalue weighted by Crippen LogP contribution is 2.23. The Balaban J connectivity index is 1.58. The van der Waals surface area contributed by atoms with Gasteiger partial charge in [0, 0.05) is 17.7 Å². The van der Waals surface area contributed by atoms with Gasteiger partial charge in [0.2, 0.25) is 0 Å². The number of ketones is 1. The van der Waals surface area contributed by atoms with Gasteiger partial charge in [0.1, 0.15) is 5.75 Å². The number of ether oxygens (including phenoxy) is 2. The summed E-state index contributed by atoms with van der Waals surface area (Å²) < 4.78 is 10.2. The van der Waals surface area contributed by atoms with Crippen molar-refractivity contribution in [3.63, 3.8) is 0 Å². The minimum atomic E-state index is -0.866. The number of nitrogens with zero attached hydrogens (tertiary/aromatic N) is 1. The van der Waals surface area contributed by atoms with Crippen molar-refractivity contribution < 1.29 is 28.8 Å². The van der Waals surface area contributed by atoms with Gasteiger partial charge in [0.25, 0.3) is 5.69 Å². The van der Waals surface area contributed by atoms with Gasteiger partial charge in [0.05, 0.1) is 26.1 Å². The maximum absolute atomic E-state index is 12.3. The third-order valence-corrected chi connectivity index (χ3v) is 4.91. The van der Waals surface area contributed by atoms with E-state index in [1.54, 1.807) is 0 Å². The van der Waals surface area contributed by atoms with E-state index >= 15 is 0 Å². The molecule has 0 aliphatic rings. The summed E-state index contributed by atoms with van der Waals surface area (Å²) in [6.45, 7) is -0.566. The van der Waals surface area contributed by atoms with Crippen LogP contribution in [0.25, 0.3) is 0 Å². The molecule has 0 amide bonds. The molecular weight excluding hydrogens is 461 g/mol. The van der Waals surface area contributed by atoms with Crippen molar-refractivity contribution >= 4 is 46.6 Å². The molecule has 0 aromatic heterocycles. The average molecular weight is 474 g/mol. The van der Waals surface area contributed by atoms with Gasteiger partial charge in [-0.1, -0.05) is 29.3 Å². The van der Waals surface area contributed by atoms with Crippen LogP contribution in [-0.4, -0.2) is 29.3 Å². The van der Waals surface area contributed by atoms with Gasteiger partial charge >= 0.3 is 11.9 Å². The van der Waals surface area contributed by atoms with Crippen LogP contribution in [0.1, 0.15) is 31.1 Å². The molecule has 0 bridgehead atoms. The Hall–Kier alpha value is -3.75.